The third-order valence-electron chi connectivity index (χ3n) is 2.41. The highest BCUT2D eigenvalue weighted by Gasteiger charge is 2.22. The zero-order chi connectivity index (χ0) is 9.56. The molecule has 3 unspecified atom stereocenters. The molecule has 0 aromatic rings. The monoisotopic (exact) mass is 174 g/mol. The van der Waals surface area contributed by atoms with Gasteiger partial charge in [0.1, 0.15) is 0 Å². The quantitative estimate of drug-likeness (QED) is 0.669. The first kappa shape index (κ1) is 11.9. The third-order valence-corrected chi connectivity index (χ3v) is 2.41. The Morgan fingerprint density at radius 1 is 1.33 bits per heavy atom. The lowest BCUT2D eigenvalue weighted by Gasteiger charge is -2.25. The minimum absolute atomic E-state index is 0.00606. The Kier molecular flexibility index (Phi) is 6.39. The maximum Gasteiger partial charge on any atom is 0.0830 e. The molecule has 0 radical (unpaired) electrons. The molecule has 12 heavy (non-hydrogen) atoms. The Balaban J connectivity index is 3.87. The lowest BCUT2D eigenvalue weighted by molar-refractivity contribution is -0.0408. The smallest absolute Gasteiger partial charge is 0.0830 e. The number of aliphatic hydroxyl groups excluding tert-OH is 1. The summed E-state index contributed by atoms with van der Waals surface area (Å²) in [6.45, 7) is 6.25. The van der Waals surface area contributed by atoms with Crippen LogP contribution in [0, 0.1) is 5.92 Å². The van der Waals surface area contributed by atoms with E-state index in [-0.39, 0.29) is 12.2 Å². The Morgan fingerprint density at radius 3 is 2.25 bits per heavy atom. The van der Waals surface area contributed by atoms with Gasteiger partial charge in [0.2, 0.25) is 0 Å². The second-order valence-electron chi connectivity index (χ2n) is 3.44. The molecule has 0 bridgehead atoms. The van der Waals surface area contributed by atoms with E-state index < -0.39 is 0 Å². The fourth-order valence-corrected chi connectivity index (χ4v) is 1.54. The van der Waals surface area contributed by atoms with Crippen molar-refractivity contribution in [2.75, 3.05) is 7.11 Å². The fraction of sp³-hybridized carbons (Fsp3) is 1.00. The molecule has 0 saturated carbocycles. The van der Waals surface area contributed by atoms with Crippen molar-refractivity contribution in [2.45, 2.75) is 52.2 Å². The Labute approximate surface area is 75.9 Å². The summed E-state index contributed by atoms with van der Waals surface area (Å²) in [5, 5.41) is 9.78. The molecule has 0 aromatic carbocycles. The first-order valence-electron chi connectivity index (χ1n) is 4.88. The highest BCUT2D eigenvalue weighted by atomic mass is 16.5. The third kappa shape index (κ3) is 3.55. The molecule has 1 N–H and O–H groups in total. The fourth-order valence-electron chi connectivity index (χ4n) is 1.54. The van der Waals surface area contributed by atoms with Crippen LogP contribution < -0.4 is 0 Å². The van der Waals surface area contributed by atoms with Crippen LogP contribution in [0.25, 0.3) is 0 Å². The van der Waals surface area contributed by atoms with Gasteiger partial charge in [-0.05, 0) is 18.8 Å². The first-order chi connectivity index (χ1) is 5.67. The second-order valence-corrected chi connectivity index (χ2v) is 3.44. The molecule has 0 rings (SSSR count). The molecule has 2 nitrogen and oxygen atoms in total. The minimum Gasteiger partial charge on any atom is -0.390 e. The van der Waals surface area contributed by atoms with Crippen molar-refractivity contribution in [1.29, 1.82) is 0 Å². The molecular weight excluding hydrogens is 152 g/mol. The minimum atomic E-state index is -0.306. The molecule has 0 aliphatic carbocycles. The summed E-state index contributed by atoms with van der Waals surface area (Å²) < 4.78 is 5.18. The van der Waals surface area contributed by atoms with Gasteiger partial charge < -0.3 is 9.84 Å². The molecule has 2 heteroatoms. The molecule has 0 amide bonds. The number of aliphatic hydroxyl groups is 1. The van der Waals surface area contributed by atoms with Crippen LogP contribution in [-0.4, -0.2) is 24.4 Å². The molecule has 0 aliphatic heterocycles. The van der Waals surface area contributed by atoms with Gasteiger partial charge in [-0.3, -0.25) is 0 Å². The largest absolute Gasteiger partial charge is 0.390 e. The zero-order valence-corrected chi connectivity index (χ0v) is 8.71. The van der Waals surface area contributed by atoms with Gasteiger partial charge in [-0.25, -0.2) is 0 Å². The summed E-state index contributed by atoms with van der Waals surface area (Å²) in [4.78, 5) is 0. The van der Waals surface area contributed by atoms with Crippen LogP contribution in [0.15, 0.2) is 0 Å². The van der Waals surface area contributed by atoms with E-state index in [2.05, 4.69) is 13.8 Å². The number of rotatable bonds is 6. The van der Waals surface area contributed by atoms with Crippen molar-refractivity contribution in [3.63, 3.8) is 0 Å². The summed E-state index contributed by atoms with van der Waals surface area (Å²) in [5.74, 6) is 0.347. The predicted molar refractivity (Wildman–Crippen MR) is 51.2 cm³/mol. The summed E-state index contributed by atoms with van der Waals surface area (Å²) in [6, 6.07) is 0. The second kappa shape index (κ2) is 6.44. The van der Waals surface area contributed by atoms with E-state index in [1.165, 1.54) is 0 Å². The molecule has 0 aromatic heterocycles. The van der Waals surface area contributed by atoms with E-state index in [9.17, 15) is 5.11 Å². The topological polar surface area (TPSA) is 29.5 Å². The van der Waals surface area contributed by atoms with Crippen LogP contribution in [0.3, 0.4) is 0 Å². The van der Waals surface area contributed by atoms with Gasteiger partial charge in [-0.15, -0.1) is 0 Å². The van der Waals surface area contributed by atoms with E-state index in [0.717, 1.165) is 19.3 Å². The van der Waals surface area contributed by atoms with Crippen LogP contribution in [0.2, 0.25) is 0 Å². The van der Waals surface area contributed by atoms with E-state index in [1.54, 1.807) is 7.11 Å². The highest BCUT2D eigenvalue weighted by Crippen LogP contribution is 2.16. The van der Waals surface area contributed by atoms with E-state index in [0.29, 0.717) is 5.92 Å². The molecule has 3 atom stereocenters. The maximum absolute atomic E-state index is 9.78. The van der Waals surface area contributed by atoms with Crippen LogP contribution >= 0.6 is 0 Å². The van der Waals surface area contributed by atoms with Crippen molar-refractivity contribution < 1.29 is 9.84 Å². The van der Waals surface area contributed by atoms with Crippen LogP contribution in [-0.2, 0) is 4.74 Å². The number of methoxy groups -OCH3 is 1. The van der Waals surface area contributed by atoms with E-state index in [1.807, 2.05) is 6.92 Å². The van der Waals surface area contributed by atoms with Gasteiger partial charge >= 0.3 is 0 Å². The summed E-state index contributed by atoms with van der Waals surface area (Å²) >= 11 is 0. The van der Waals surface area contributed by atoms with Crippen molar-refractivity contribution in [1.82, 2.24) is 0 Å². The SMILES string of the molecule is CCCC(C)C(O)C(CC)OC. The zero-order valence-electron chi connectivity index (χ0n) is 8.71. The lowest BCUT2D eigenvalue weighted by atomic mass is 9.94. The van der Waals surface area contributed by atoms with Crippen molar-refractivity contribution in [3.8, 4) is 0 Å². The number of hydrogen-bond donors (Lipinski definition) is 1. The summed E-state index contributed by atoms with van der Waals surface area (Å²) in [6.07, 6.45) is 2.77. The van der Waals surface area contributed by atoms with Gasteiger partial charge in [0, 0.05) is 7.11 Å². The van der Waals surface area contributed by atoms with Gasteiger partial charge in [-0.1, -0.05) is 27.2 Å². The number of hydrogen-bond acceptors (Lipinski definition) is 2. The average molecular weight is 174 g/mol. The summed E-state index contributed by atoms with van der Waals surface area (Å²) in [7, 11) is 1.66. The molecule has 0 spiro atoms. The predicted octanol–water partition coefficient (Wildman–Crippen LogP) is 2.21. The average Bonchev–Trinajstić information content (AvgIpc) is 2.07. The number of ether oxygens (including phenoxy) is 1. The van der Waals surface area contributed by atoms with E-state index >= 15 is 0 Å². The van der Waals surface area contributed by atoms with Crippen molar-refractivity contribution in [2.24, 2.45) is 5.92 Å². The molecule has 0 saturated heterocycles. The lowest BCUT2D eigenvalue weighted by Crippen LogP contribution is -2.33. The van der Waals surface area contributed by atoms with Crippen LogP contribution in [0.5, 0.6) is 0 Å². The Hall–Kier alpha value is -0.0800. The normalized spacial score (nSPS) is 18.8. The van der Waals surface area contributed by atoms with E-state index in [4.69, 9.17) is 4.74 Å². The van der Waals surface area contributed by atoms with Crippen molar-refractivity contribution >= 4 is 0 Å². The van der Waals surface area contributed by atoms with Crippen LogP contribution in [0.4, 0.5) is 0 Å². The molecule has 0 fully saturated rings. The molecule has 74 valence electrons. The molecular formula is C10H22O2. The van der Waals surface area contributed by atoms with Crippen LogP contribution in [0.1, 0.15) is 40.0 Å². The Bertz CT molecular complexity index is 100. The van der Waals surface area contributed by atoms with Gasteiger partial charge in [0.15, 0.2) is 0 Å². The summed E-state index contributed by atoms with van der Waals surface area (Å²) in [5.41, 5.74) is 0. The van der Waals surface area contributed by atoms with Gasteiger partial charge in [0.05, 0.1) is 12.2 Å². The van der Waals surface area contributed by atoms with Gasteiger partial charge in [-0.2, -0.15) is 0 Å². The maximum atomic E-state index is 9.78. The first-order valence-corrected chi connectivity index (χ1v) is 4.88. The van der Waals surface area contributed by atoms with Gasteiger partial charge in [0.25, 0.3) is 0 Å². The van der Waals surface area contributed by atoms with Crippen molar-refractivity contribution in [3.05, 3.63) is 0 Å². The molecule has 0 heterocycles. The Morgan fingerprint density at radius 2 is 1.92 bits per heavy atom. The molecule has 0 aliphatic rings. The highest BCUT2D eigenvalue weighted by molar-refractivity contribution is 4.72. The standard InChI is InChI=1S/C10H22O2/c1-5-7-8(3)10(11)9(6-2)12-4/h8-11H,5-7H2,1-4H3.